The smallest absolute Gasteiger partial charge is 0.341 e. The standard InChI is InChI=1S/C19H15N5O3/c1-2-27-19(26)13-10-21-24-8-7-12(9-17(13)24)22-18(25)16-11-20-14-5-3-4-6-15(14)23-16/h3-11H,2H2,1H3,(H,22,25). The van der Waals surface area contributed by atoms with Gasteiger partial charge < -0.3 is 10.1 Å². The SMILES string of the molecule is CCOC(=O)c1cnn2ccc(NC(=O)c3cnc4ccccc4n3)cc12. The summed E-state index contributed by atoms with van der Waals surface area (Å²) in [4.78, 5) is 33.1. The summed E-state index contributed by atoms with van der Waals surface area (Å²) in [5.74, 6) is -0.855. The number of esters is 1. The van der Waals surface area contributed by atoms with Gasteiger partial charge in [0.25, 0.3) is 5.91 Å². The summed E-state index contributed by atoms with van der Waals surface area (Å²) in [5, 5.41) is 6.88. The van der Waals surface area contributed by atoms with Gasteiger partial charge in [0.1, 0.15) is 11.3 Å². The van der Waals surface area contributed by atoms with Crippen molar-refractivity contribution in [2.75, 3.05) is 11.9 Å². The molecule has 0 aliphatic heterocycles. The fraction of sp³-hybridized carbons (Fsp3) is 0.105. The molecule has 1 amide bonds. The zero-order chi connectivity index (χ0) is 18.8. The number of pyridine rings is 1. The maximum atomic E-state index is 12.5. The van der Waals surface area contributed by atoms with Gasteiger partial charge in [0.15, 0.2) is 0 Å². The van der Waals surface area contributed by atoms with E-state index >= 15 is 0 Å². The number of fused-ring (bicyclic) bond motifs is 2. The molecule has 0 saturated carbocycles. The molecule has 8 heteroatoms. The Balaban J connectivity index is 1.62. The fourth-order valence-electron chi connectivity index (χ4n) is 2.69. The molecule has 0 aliphatic rings. The Kier molecular flexibility index (Phi) is 4.21. The van der Waals surface area contributed by atoms with Crippen molar-refractivity contribution < 1.29 is 14.3 Å². The van der Waals surface area contributed by atoms with Gasteiger partial charge >= 0.3 is 5.97 Å². The predicted molar refractivity (Wildman–Crippen MR) is 98.6 cm³/mol. The second-order valence-electron chi connectivity index (χ2n) is 5.72. The Hall–Kier alpha value is -3.81. The summed E-state index contributed by atoms with van der Waals surface area (Å²) in [6.07, 6.45) is 4.52. The number of carbonyl (C=O) groups excluding carboxylic acids is 2. The molecule has 0 atom stereocenters. The van der Waals surface area contributed by atoms with Gasteiger partial charge in [-0.2, -0.15) is 5.10 Å². The number of para-hydroxylation sites is 2. The van der Waals surface area contributed by atoms with E-state index in [0.717, 1.165) is 0 Å². The molecule has 0 spiro atoms. The van der Waals surface area contributed by atoms with Crippen molar-refractivity contribution in [3.05, 3.63) is 66.2 Å². The van der Waals surface area contributed by atoms with Crippen LogP contribution in [0.4, 0.5) is 5.69 Å². The molecule has 0 bridgehead atoms. The normalized spacial score (nSPS) is 10.9. The van der Waals surface area contributed by atoms with Crippen LogP contribution in [0.5, 0.6) is 0 Å². The van der Waals surface area contributed by atoms with Crippen LogP contribution >= 0.6 is 0 Å². The van der Waals surface area contributed by atoms with Gasteiger partial charge in [0.2, 0.25) is 0 Å². The first kappa shape index (κ1) is 16.6. The van der Waals surface area contributed by atoms with Crippen LogP contribution in [0.1, 0.15) is 27.8 Å². The van der Waals surface area contributed by atoms with Crippen LogP contribution < -0.4 is 5.32 Å². The molecule has 134 valence electrons. The highest BCUT2D eigenvalue weighted by molar-refractivity contribution is 6.04. The van der Waals surface area contributed by atoms with Crippen molar-refractivity contribution in [1.29, 1.82) is 0 Å². The molecule has 0 radical (unpaired) electrons. The Morgan fingerprint density at radius 2 is 1.96 bits per heavy atom. The van der Waals surface area contributed by atoms with Crippen molar-refractivity contribution >= 4 is 34.1 Å². The van der Waals surface area contributed by atoms with Crippen molar-refractivity contribution in [2.45, 2.75) is 6.92 Å². The molecule has 27 heavy (non-hydrogen) atoms. The van der Waals surface area contributed by atoms with Crippen molar-refractivity contribution in [3.8, 4) is 0 Å². The van der Waals surface area contributed by atoms with Crippen molar-refractivity contribution in [3.63, 3.8) is 0 Å². The molecule has 0 fully saturated rings. The number of hydrogen-bond donors (Lipinski definition) is 1. The molecule has 1 N–H and O–H groups in total. The number of carbonyl (C=O) groups is 2. The maximum absolute atomic E-state index is 12.5. The number of ether oxygens (including phenoxy) is 1. The third kappa shape index (κ3) is 3.20. The number of benzene rings is 1. The number of aromatic nitrogens is 4. The summed E-state index contributed by atoms with van der Waals surface area (Å²) in [5.41, 5.74) is 2.94. The monoisotopic (exact) mass is 361 g/mol. The second-order valence-corrected chi connectivity index (χ2v) is 5.72. The summed E-state index contributed by atoms with van der Waals surface area (Å²) in [7, 11) is 0. The molecule has 1 aromatic carbocycles. The topological polar surface area (TPSA) is 98.5 Å². The molecule has 4 aromatic rings. The fourth-order valence-corrected chi connectivity index (χ4v) is 2.69. The highest BCUT2D eigenvalue weighted by atomic mass is 16.5. The Morgan fingerprint density at radius 1 is 1.15 bits per heavy atom. The third-order valence-electron chi connectivity index (χ3n) is 3.96. The number of nitrogens with one attached hydrogen (secondary N) is 1. The van der Waals surface area contributed by atoms with E-state index in [-0.39, 0.29) is 12.3 Å². The van der Waals surface area contributed by atoms with Crippen LogP contribution in [0.25, 0.3) is 16.6 Å². The van der Waals surface area contributed by atoms with Gasteiger partial charge in [-0.1, -0.05) is 12.1 Å². The van der Waals surface area contributed by atoms with Crippen molar-refractivity contribution in [1.82, 2.24) is 19.6 Å². The van der Waals surface area contributed by atoms with Gasteiger partial charge in [0, 0.05) is 11.9 Å². The minimum atomic E-state index is -0.462. The van der Waals surface area contributed by atoms with Crippen LogP contribution in [0, 0.1) is 0 Å². The minimum Gasteiger partial charge on any atom is -0.462 e. The number of hydrogen-bond acceptors (Lipinski definition) is 6. The summed E-state index contributed by atoms with van der Waals surface area (Å²) in [6.45, 7) is 2.01. The lowest BCUT2D eigenvalue weighted by molar-refractivity contribution is 0.0528. The highest BCUT2D eigenvalue weighted by Crippen LogP contribution is 2.18. The van der Waals surface area contributed by atoms with Crippen LogP contribution in [-0.4, -0.2) is 38.1 Å². The van der Waals surface area contributed by atoms with Crippen LogP contribution in [0.3, 0.4) is 0 Å². The first-order valence-corrected chi connectivity index (χ1v) is 8.33. The van der Waals surface area contributed by atoms with E-state index < -0.39 is 11.9 Å². The van der Waals surface area contributed by atoms with E-state index in [1.54, 1.807) is 31.3 Å². The largest absolute Gasteiger partial charge is 0.462 e. The summed E-state index contributed by atoms with van der Waals surface area (Å²) >= 11 is 0. The first-order chi connectivity index (χ1) is 13.2. The molecule has 0 unspecified atom stereocenters. The second kappa shape index (κ2) is 6.83. The van der Waals surface area contributed by atoms with E-state index in [1.807, 2.05) is 18.2 Å². The predicted octanol–water partition coefficient (Wildman–Crippen LogP) is 2.71. The Morgan fingerprint density at radius 3 is 2.78 bits per heavy atom. The van der Waals surface area contributed by atoms with Gasteiger partial charge in [-0.15, -0.1) is 0 Å². The van der Waals surface area contributed by atoms with Gasteiger partial charge in [-0.3, -0.25) is 9.78 Å². The molecule has 4 rings (SSSR count). The van der Waals surface area contributed by atoms with E-state index in [1.165, 1.54) is 16.9 Å². The number of amides is 1. The molecule has 8 nitrogen and oxygen atoms in total. The quantitative estimate of drug-likeness (QED) is 0.561. The summed E-state index contributed by atoms with van der Waals surface area (Å²) < 4.78 is 6.57. The first-order valence-electron chi connectivity index (χ1n) is 8.33. The molecule has 0 aliphatic carbocycles. The van der Waals surface area contributed by atoms with E-state index in [9.17, 15) is 9.59 Å². The number of anilines is 1. The molecular formula is C19H15N5O3. The number of rotatable bonds is 4. The van der Waals surface area contributed by atoms with Crippen molar-refractivity contribution in [2.24, 2.45) is 0 Å². The summed E-state index contributed by atoms with van der Waals surface area (Å²) in [6, 6.07) is 10.7. The lowest BCUT2D eigenvalue weighted by atomic mass is 10.2. The van der Waals surface area contributed by atoms with Crippen LogP contribution in [-0.2, 0) is 4.74 Å². The maximum Gasteiger partial charge on any atom is 0.341 e. The molecule has 3 heterocycles. The zero-order valence-corrected chi connectivity index (χ0v) is 14.4. The third-order valence-corrected chi connectivity index (χ3v) is 3.96. The zero-order valence-electron chi connectivity index (χ0n) is 14.4. The van der Waals surface area contributed by atoms with E-state index in [4.69, 9.17) is 4.74 Å². The number of nitrogens with zero attached hydrogens (tertiary/aromatic N) is 4. The molecule has 0 saturated heterocycles. The average Bonchev–Trinajstić information content (AvgIpc) is 3.11. The lowest BCUT2D eigenvalue weighted by Crippen LogP contribution is -2.14. The van der Waals surface area contributed by atoms with Crippen LogP contribution in [0.15, 0.2) is 55.0 Å². The van der Waals surface area contributed by atoms with E-state index in [0.29, 0.717) is 27.8 Å². The minimum absolute atomic E-state index is 0.202. The lowest BCUT2D eigenvalue weighted by Gasteiger charge is -2.06. The molecular weight excluding hydrogens is 346 g/mol. The van der Waals surface area contributed by atoms with Gasteiger partial charge in [-0.05, 0) is 31.2 Å². The highest BCUT2D eigenvalue weighted by Gasteiger charge is 2.15. The average molecular weight is 361 g/mol. The van der Waals surface area contributed by atoms with E-state index in [2.05, 4.69) is 20.4 Å². The Bertz CT molecular complexity index is 1170. The van der Waals surface area contributed by atoms with Gasteiger partial charge in [0.05, 0.1) is 35.6 Å². The van der Waals surface area contributed by atoms with Gasteiger partial charge in [-0.25, -0.2) is 14.3 Å². The van der Waals surface area contributed by atoms with Crippen LogP contribution in [0.2, 0.25) is 0 Å². The molecule has 3 aromatic heterocycles. The Labute approximate surface area is 153 Å².